The molecule has 1 heteroatoms. The Morgan fingerprint density at radius 1 is 0.542 bits per heavy atom. The van der Waals surface area contributed by atoms with Crippen LogP contribution in [0.3, 0.4) is 0 Å². The van der Waals surface area contributed by atoms with Crippen molar-refractivity contribution in [3.63, 3.8) is 0 Å². The number of fused-ring (bicyclic) bond motifs is 4. The van der Waals surface area contributed by atoms with Crippen molar-refractivity contribution >= 4 is 49.3 Å². The van der Waals surface area contributed by atoms with Crippen LogP contribution in [0.2, 0.25) is 0 Å². The summed E-state index contributed by atoms with van der Waals surface area (Å²) in [6.45, 7) is 4.63. The van der Waals surface area contributed by atoms with Crippen molar-refractivity contribution < 1.29 is 0 Å². The predicted molar refractivity (Wildman–Crippen MR) is 253 cm³/mol. The van der Waals surface area contributed by atoms with Crippen LogP contribution in [0, 0.1) is 0 Å². The van der Waals surface area contributed by atoms with E-state index >= 15 is 0 Å². The molecule has 0 saturated heterocycles. The fraction of sp³-hybridized carbons (Fsp3) is 0.103. The summed E-state index contributed by atoms with van der Waals surface area (Å²) in [4.78, 5) is 2.44. The molecule has 1 nitrogen and oxygen atoms in total. The van der Waals surface area contributed by atoms with E-state index in [1.165, 1.54) is 71.4 Å². The number of allylic oxidation sites excluding steroid dienone is 8. The number of rotatable bonds is 10. The number of nitrogens with zero attached hydrogens (tertiary/aromatic N) is 1. The van der Waals surface area contributed by atoms with Crippen LogP contribution in [0.5, 0.6) is 0 Å². The van der Waals surface area contributed by atoms with Gasteiger partial charge in [0.1, 0.15) is 0 Å². The van der Waals surface area contributed by atoms with Gasteiger partial charge in [0.05, 0.1) is 0 Å². The number of anilines is 2. The lowest BCUT2D eigenvalue weighted by molar-refractivity contribution is 0.781. The molecule has 0 aliphatic heterocycles. The molecule has 0 radical (unpaired) electrons. The van der Waals surface area contributed by atoms with Gasteiger partial charge in [0.2, 0.25) is 0 Å². The van der Waals surface area contributed by atoms with Crippen molar-refractivity contribution in [1.29, 1.82) is 0 Å². The SMILES string of the molecule is C=C(CCc1ccc2ccccc2c1)c1cccc(N(C2=CCC(c3ccccc3C3C=CC=CC3)C=C2)c2cccc(-c3cc4ccccc4c4ccccc34)c2)c1. The van der Waals surface area contributed by atoms with Crippen molar-refractivity contribution in [3.8, 4) is 11.1 Å². The minimum absolute atomic E-state index is 0.313. The Morgan fingerprint density at radius 2 is 1.24 bits per heavy atom. The second kappa shape index (κ2) is 16.1. The summed E-state index contributed by atoms with van der Waals surface area (Å²) < 4.78 is 0. The van der Waals surface area contributed by atoms with Gasteiger partial charge >= 0.3 is 0 Å². The van der Waals surface area contributed by atoms with Gasteiger partial charge in [0.25, 0.3) is 0 Å². The van der Waals surface area contributed by atoms with E-state index in [1.54, 1.807) is 0 Å². The highest BCUT2D eigenvalue weighted by Gasteiger charge is 2.23. The van der Waals surface area contributed by atoms with E-state index in [9.17, 15) is 0 Å². The van der Waals surface area contributed by atoms with Crippen LogP contribution in [-0.2, 0) is 6.42 Å². The summed E-state index contributed by atoms with van der Waals surface area (Å²) in [6, 6.07) is 62.5. The molecule has 59 heavy (non-hydrogen) atoms. The van der Waals surface area contributed by atoms with Crippen molar-refractivity contribution in [3.05, 3.63) is 247 Å². The van der Waals surface area contributed by atoms with Crippen LogP contribution in [0.15, 0.2) is 225 Å². The van der Waals surface area contributed by atoms with Gasteiger partial charge in [0.15, 0.2) is 0 Å². The maximum atomic E-state index is 4.63. The van der Waals surface area contributed by atoms with Crippen LogP contribution in [0.1, 0.15) is 53.4 Å². The summed E-state index contributed by atoms with van der Waals surface area (Å²) >= 11 is 0. The minimum atomic E-state index is 0.313. The van der Waals surface area contributed by atoms with E-state index in [2.05, 4.69) is 224 Å². The van der Waals surface area contributed by atoms with Gasteiger partial charge in [-0.3, -0.25) is 0 Å². The highest BCUT2D eigenvalue weighted by molar-refractivity contribution is 6.13. The Bertz CT molecular complexity index is 2990. The zero-order valence-electron chi connectivity index (χ0n) is 33.3. The first-order valence-corrected chi connectivity index (χ1v) is 21.0. The van der Waals surface area contributed by atoms with Gasteiger partial charge < -0.3 is 4.90 Å². The molecule has 10 rings (SSSR count). The second-order valence-corrected chi connectivity index (χ2v) is 16.0. The van der Waals surface area contributed by atoms with Crippen molar-refractivity contribution in [2.75, 3.05) is 4.90 Å². The first-order valence-electron chi connectivity index (χ1n) is 21.0. The molecular weight excluding hydrogens is 711 g/mol. The maximum Gasteiger partial charge on any atom is 0.0467 e. The Kier molecular flexibility index (Phi) is 9.94. The second-order valence-electron chi connectivity index (χ2n) is 16.0. The van der Waals surface area contributed by atoms with E-state index in [4.69, 9.17) is 0 Å². The van der Waals surface area contributed by atoms with Gasteiger partial charge in [-0.1, -0.05) is 183 Å². The fourth-order valence-electron chi connectivity index (χ4n) is 9.25. The Balaban J connectivity index is 1.01. The third kappa shape index (κ3) is 7.37. The lowest BCUT2D eigenvalue weighted by atomic mass is 9.82. The number of hydrogen-bond acceptors (Lipinski definition) is 1. The topological polar surface area (TPSA) is 3.24 Å². The number of aryl methyl sites for hydroxylation is 1. The highest BCUT2D eigenvalue weighted by atomic mass is 15.1. The van der Waals surface area contributed by atoms with E-state index in [1.807, 2.05) is 0 Å². The Morgan fingerprint density at radius 3 is 2.02 bits per heavy atom. The van der Waals surface area contributed by atoms with Crippen molar-refractivity contribution in [2.45, 2.75) is 37.5 Å². The molecule has 8 aromatic carbocycles. The molecule has 2 aliphatic carbocycles. The lowest BCUT2D eigenvalue weighted by Gasteiger charge is -2.30. The molecule has 2 aliphatic rings. The molecule has 0 heterocycles. The summed E-state index contributed by atoms with van der Waals surface area (Å²) in [7, 11) is 0. The van der Waals surface area contributed by atoms with Crippen molar-refractivity contribution in [2.24, 2.45) is 0 Å². The molecule has 2 atom stereocenters. The molecule has 0 N–H and O–H groups in total. The van der Waals surface area contributed by atoms with Crippen LogP contribution >= 0.6 is 0 Å². The van der Waals surface area contributed by atoms with E-state index < -0.39 is 0 Å². The molecule has 2 unspecified atom stereocenters. The standard InChI is InChI=1S/C58H47N/c1-41(29-30-42-31-32-43-15-5-6-18-47(43)37-42)46-20-13-22-51(38-46)59(50-35-33-45(34-36-50)54-25-10-9-24-53(54)44-16-3-2-4-17-44)52-23-14-21-48(39-52)58-40-49-19-7-8-26-55(49)56-27-11-12-28-57(56)58/h2-16,18-28,31-33,35-40,44-45H,1,17,29-30,34H2. The average molecular weight is 758 g/mol. The highest BCUT2D eigenvalue weighted by Crippen LogP contribution is 2.42. The van der Waals surface area contributed by atoms with E-state index in [-0.39, 0.29) is 0 Å². The first-order chi connectivity index (χ1) is 29.2. The van der Waals surface area contributed by atoms with Gasteiger partial charge in [-0.05, 0) is 133 Å². The van der Waals surface area contributed by atoms with Gasteiger partial charge in [-0.15, -0.1) is 0 Å². The maximum absolute atomic E-state index is 4.63. The number of hydrogen-bond donors (Lipinski definition) is 0. The fourth-order valence-corrected chi connectivity index (χ4v) is 9.25. The third-order valence-corrected chi connectivity index (χ3v) is 12.3. The molecule has 8 aromatic rings. The molecule has 0 aromatic heterocycles. The van der Waals surface area contributed by atoms with Gasteiger partial charge in [0, 0.05) is 28.9 Å². The Hall–Kier alpha value is -6.96. The van der Waals surface area contributed by atoms with Crippen molar-refractivity contribution in [1.82, 2.24) is 0 Å². The molecule has 0 saturated carbocycles. The largest absolute Gasteiger partial charge is 0.311 e. The Labute approximate surface area is 348 Å². The van der Waals surface area contributed by atoms with Crippen LogP contribution in [0.25, 0.3) is 49.0 Å². The molecule has 0 bridgehead atoms. The van der Waals surface area contributed by atoms with Crippen LogP contribution in [-0.4, -0.2) is 0 Å². The quantitative estimate of drug-likeness (QED) is 0.126. The summed E-state index contributed by atoms with van der Waals surface area (Å²) in [5.41, 5.74) is 12.4. The number of benzene rings is 8. The summed E-state index contributed by atoms with van der Waals surface area (Å²) in [5, 5.41) is 7.65. The van der Waals surface area contributed by atoms with Gasteiger partial charge in [-0.2, -0.15) is 0 Å². The monoisotopic (exact) mass is 757 g/mol. The van der Waals surface area contributed by atoms with E-state index in [0.29, 0.717) is 11.8 Å². The average Bonchev–Trinajstić information content (AvgIpc) is 3.31. The summed E-state index contributed by atoms with van der Waals surface area (Å²) in [5.74, 6) is 0.727. The smallest absolute Gasteiger partial charge is 0.0467 e. The van der Waals surface area contributed by atoms with Gasteiger partial charge in [-0.25, -0.2) is 0 Å². The normalized spacial score (nSPS) is 16.1. The lowest BCUT2D eigenvalue weighted by Crippen LogP contribution is -2.18. The molecule has 0 fully saturated rings. The molecule has 284 valence electrons. The van der Waals surface area contributed by atoms with Crippen LogP contribution < -0.4 is 4.90 Å². The predicted octanol–water partition coefficient (Wildman–Crippen LogP) is 15.8. The van der Waals surface area contributed by atoms with E-state index in [0.717, 1.165) is 42.6 Å². The minimum Gasteiger partial charge on any atom is -0.311 e. The molecule has 0 spiro atoms. The zero-order chi connectivity index (χ0) is 39.5. The zero-order valence-corrected chi connectivity index (χ0v) is 33.3. The summed E-state index contributed by atoms with van der Waals surface area (Å²) in [6.07, 6.45) is 20.0. The first kappa shape index (κ1) is 36.4. The molecule has 0 amide bonds. The molecular formula is C58H47N. The van der Waals surface area contributed by atoms with Crippen LogP contribution in [0.4, 0.5) is 11.4 Å². The third-order valence-electron chi connectivity index (χ3n) is 12.3.